The van der Waals surface area contributed by atoms with Crippen molar-refractivity contribution < 1.29 is 29.0 Å². The van der Waals surface area contributed by atoms with Crippen LogP contribution < -0.4 is 5.32 Å². The largest absolute Gasteiger partial charge is 0.481 e. The van der Waals surface area contributed by atoms with E-state index < -0.39 is 18.2 Å². The van der Waals surface area contributed by atoms with E-state index in [0.717, 1.165) is 11.1 Å². The van der Waals surface area contributed by atoms with Crippen LogP contribution in [0, 0.1) is 17.8 Å². The Kier molecular flexibility index (Phi) is 6.00. The van der Waals surface area contributed by atoms with Gasteiger partial charge >= 0.3 is 12.1 Å². The molecule has 1 heterocycles. The molecule has 2 unspecified atom stereocenters. The number of alkyl carbamates (subject to hydrolysis) is 1. The summed E-state index contributed by atoms with van der Waals surface area (Å²) in [6.07, 6.45) is -0.904. The van der Waals surface area contributed by atoms with Gasteiger partial charge in [0, 0.05) is 39.1 Å². The minimum Gasteiger partial charge on any atom is -0.481 e. The van der Waals surface area contributed by atoms with E-state index in [-0.39, 0.29) is 42.7 Å². The first kappa shape index (κ1) is 22.4. The number of fused-ring (bicyclic) bond motifs is 4. The summed E-state index contributed by atoms with van der Waals surface area (Å²) in [4.78, 5) is 37.9. The maximum Gasteiger partial charge on any atom is 0.407 e. The Morgan fingerprint density at radius 2 is 1.62 bits per heavy atom. The van der Waals surface area contributed by atoms with Crippen LogP contribution in [0.25, 0.3) is 11.1 Å². The number of likely N-dealkylation sites (tertiary alicyclic amines) is 1. The van der Waals surface area contributed by atoms with E-state index in [1.54, 1.807) is 4.90 Å². The van der Waals surface area contributed by atoms with E-state index in [2.05, 4.69) is 29.6 Å². The Labute approximate surface area is 197 Å². The summed E-state index contributed by atoms with van der Waals surface area (Å²) in [5.41, 5.74) is 4.64. The first-order valence-electron chi connectivity index (χ1n) is 11.6. The first-order chi connectivity index (χ1) is 16.5. The van der Waals surface area contributed by atoms with E-state index in [0.29, 0.717) is 19.5 Å². The van der Waals surface area contributed by atoms with Gasteiger partial charge in [-0.2, -0.15) is 0 Å². The molecule has 178 valence electrons. The number of carbonyl (C=O) groups is 3. The summed E-state index contributed by atoms with van der Waals surface area (Å²) in [6.45, 7) is 1.38. The number of nitrogens with one attached hydrogen (secondary N) is 1. The van der Waals surface area contributed by atoms with Crippen LogP contribution in [0.4, 0.5) is 4.79 Å². The summed E-state index contributed by atoms with van der Waals surface area (Å²) in [7, 11) is 1.47. The van der Waals surface area contributed by atoms with Crippen LogP contribution in [-0.2, 0) is 19.1 Å². The topological polar surface area (TPSA) is 105 Å². The van der Waals surface area contributed by atoms with Gasteiger partial charge in [-0.1, -0.05) is 48.5 Å². The van der Waals surface area contributed by atoms with Crippen LogP contribution in [0.1, 0.15) is 23.5 Å². The van der Waals surface area contributed by atoms with Gasteiger partial charge in [0.1, 0.15) is 12.7 Å². The van der Waals surface area contributed by atoms with E-state index in [4.69, 9.17) is 14.6 Å². The molecule has 1 aliphatic heterocycles. The van der Waals surface area contributed by atoms with Crippen molar-refractivity contribution in [1.29, 1.82) is 0 Å². The maximum atomic E-state index is 12.7. The van der Waals surface area contributed by atoms with Gasteiger partial charge in [-0.15, -0.1) is 0 Å². The molecule has 0 radical (unpaired) electrons. The van der Waals surface area contributed by atoms with Gasteiger partial charge in [0.25, 0.3) is 5.91 Å². The molecule has 2 N–H and O–H groups in total. The predicted molar refractivity (Wildman–Crippen MR) is 123 cm³/mol. The normalized spacial score (nSPS) is 23.0. The van der Waals surface area contributed by atoms with Crippen molar-refractivity contribution in [2.75, 3.05) is 33.4 Å². The highest BCUT2D eigenvalue weighted by atomic mass is 16.5. The Morgan fingerprint density at radius 1 is 1.03 bits per heavy atom. The van der Waals surface area contributed by atoms with Gasteiger partial charge in [-0.05, 0) is 34.1 Å². The lowest BCUT2D eigenvalue weighted by Gasteiger charge is -2.24. The summed E-state index contributed by atoms with van der Waals surface area (Å²) < 4.78 is 10.9. The molecule has 2 aromatic rings. The van der Waals surface area contributed by atoms with Gasteiger partial charge in [0.2, 0.25) is 0 Å². The fourth-order valence-electron chi connectivity index (χ4n) is 5.57. The third-order valence-electron chi connectivity index (χ3n) is 7.37. The SMILES string of the molecule is COC(CCNC(=O)OCC1c2ccccc2-c2ccccc21)C(=O)N1C[C@@H]2C(C(=O)O)[C@@H]2C1. The van der Waals surface area contributed by atoms with E-state index in [1.807, 2.05) is 24.3 Å². The summed E-state index contributed by atoms with van der Waals surface area (Å²) in [5.74, 6) is -1.16. The molecule has 8 heteroatoms. The number of carboxylic acid groups (broad SMARTS) is 1. The zero-order valence-corrected chi connectivity index (χ0v) is 19.0. The number of piperidine rings is 1. The van der Waals surface area contributed by atoms with E-state index in [9.17, 15) is 14.4 Å². The number of aliphatic carboxylic acids is 1. The lowest BCUT2D eigenvalue weighted by Crippen LogP contribution is -2.42. The van der Waals surface area contributed by atoms with Gasteiger partial charge < -0.3 is 24.8 Å². The van der Waals surface area contributed by atoms with Crippen molar-refractivity contribution in [3.63, 3.8) is 0 Å². The van der Waals surface area contributed by atoms with Crippen LogP contribution in [0.15, 0.2) is 48.5 Å². The number of hydrogen-bond acceptors (Lipinski definition) is 5. The second kappa shape index (κ2) is 9.10. The Balaban J connectivity index is 1.09. The fourth-order valence-corrected chi connectivity index (χ4v) is 5.57. The summed E-state index contributed by atoms with van der Waals surface area (Å²) >= 11 is 0. The van der Waals surface area contributed by atoms with Crippen LogP contribution in [0.3, 0.4) is 0 Å². The molecule has 0 aromatic heterocycles. The number of carboxylic acids is 1. The number of amides is 2. The second-order valence-corrected chi connectivity index (χ2v) is 9.20. The van der Waals surface area contributed by atoms with Gasteiger partial charge in [-0.25, -0.2) is 4.79 Å². The molecular formula is C26H28N2O6. The number of carbonyl (C=O) groups excluding carboxylic acids is 2. The summed E-state index contributed by atoms with van der Waals surface area (Å²) in [6, 6.07) is 16.3. The van der Waals surface area contributed by atoms with Gasteiger partial charge in [0.15, 0.2) is 0 Å². The highest BCUT2D eigenvalue weighted by molar-refractivity contribution is 5.83. The Hall–Kier alpha value is -3.39. The minimum absolute atomic E-state index is 0.0114. The number of benzene rings is 2. The highest BCUT2D eigenvalue weighted by Crippen LogP contribution is 2.52. The van der Waals surface area contributed by atoms with E-state index >= 15 is 0 Å². The van der Waals surface area contributed by atoms with Gasteiger partial charge in [0.05, 0.1) is 5.92 Å². The Morgan fingerprint density at radius 3 is 2.18 bits per heavy atom. The van der Waals surface area contributed by atoms with Crippen molar-refractivity contribution in [1.82, 2.24) is 10.2 Å². The lowest BCUT2D eigenvalue weighted by atomic mass is 9.98. The highest BCUT2D eigenvalue weighted by Gasteiger charge is 2.60. The molecule has 0 bridgehead atoms. The van der Waals surface area contributed by atoms with Crippen LogP contribution in [0.2, 0.25) is 0 Å². The zero-order valence-electron chi connectivity index (χ0n) is 19.0. The third-order valence-corrected chi connectivity index (χ3v) is 7.37. The molecule has 2 fully saturated rings. The molecule has 1 saturated carbocycles. The third kappa shape index (κ3) is 4.03. The Bertz CT molecular complexity index is 1060. The standard InChI is InChI=1S/C26H28N2O6/c1-33-22(24(29)28-12-19-20(13-28)23(19)25(30)31)10-11-27-26(32)34-14-21-17-8-4-2-6-15(17)16-7-3-5-9-18(16)21/h2-9,19-23H,10-14H2,1H3,(H,27,32)(H,30,31)/t19-,20+,22?,23?. The minimum atomic E-state index is -0.780. The van der Waals surface area contributed by atoms with Crippen molar-refractivity contribution in [3.05, 3.63) is 59.7 Å². The van der Waals surface area contributed by atoms with Crippen molar-refractivity contribution >= 4 is 18.0 Å². The van der Waals surface area contributed by atoms with Crippen molar-refractivity contribution in [3.8, 4) is 11.1 Å². The molecule has 1 saturated heterocycles. The molecular weight excluding hydrogens is 436 g/mol. The van der Waals surface area contributed by atoms with E-state index in [1.165, 1.54) is 18.2 Å². The number of rotatable bonds is 8. The number of nitrogens with zero attached hydrogens (tertiary/aromatic N) is 1. The number of ether oxygens (including phenoxy) is 2. The molecule has 4 atom stereocenters. The smallest absolute Gasteiger partial charge is 0.407 e. The summed E-state index contributed by atoms with van der Waals surface area (Å²) in [5, 5.41) is 11.9. The zero-order chi connectivity index (χ0) is 23.8. The molecule has 2 amide bonds. The molecule has 2 aliphatic carbocycles. The average Bonchev–Trinajstić information content (AvgIpc) is 3.20. The van der Waals surface area contributed by atoms with Gasteiger partial charge in [-0.3, -0.25) is 9.59 Å². The average molecular weight is 465 g/mol. The monoisotopic (exact) mass is 464 g/mol. The number of hydrogen-bond donors (Lipinski definition) is 2. The lowest BCUT2D eigenvalue weighted by molar-refractivity contribution is -0.144. The molecule has 3 aliphatic rings. The molecule has 2 aromatic carbocycles. The fraction of sp³-hybridized carbons (Fsp3) is 0.423. The molecule has 8 nitrogen and oxygen atoms in total. The van der Waals surface area contributed by atoms with Crippen molar-refractivity contribution in [2.24, 2.45) is 17.8 Å². The number of methoxy groups -OCH3 is 1. The molecule has 0 spiro atoms. The molecule has 34 heavy (non-hydrogen) atoms. The second-order valence-electron chi connectivity index (χ2n) is 9.20. The van der Waals surface area contributed by atoms with Crippen LogP contribution in [0.5, 0.6) is 0 Å². The first-order valence-corrected chi connectivity index (χ1v) is 11.6. The van der Waals surface area contributed by atoms with Crippen LogP contribution >= 0.6 is 0 Å². The quantitative estimate of drug-likeness (QED) is 0.623. The predicted octanol–water partition coefficient (Wildman–Crippen LogP) is 2.72. The van der Waals surface area contributed by atoms with Crippen LogP contribution in [-0.4, -0.2) is 67.4 Å². The van der Waals surface area contributed by atoms with Crippen molar-refractivity contribution in [2.45, 2.75) is 18.4 Å². The maximum absolute atomic E-state index is 12.7. The molecule has 5 rings (SSSR count).